The van der Waals surface area contributed by atoms with Crippen molar-refractivity contribution in [1.82, 2.24) is 10.2 Å². The van der Waals surface area contributed by atoms with Gasteiger partial charge in [-0.25, -0.2) is 0 Å². The Labute approximate surface area is 84.0 Å². The molecule has 5 nitrogen and oxygen atoms in total. The van der Waals surface area contributed by atoms with E-state index in [9.17, 15) is 9.90 Å². The molecule has 1 unspecified atom stereocenters. The molecule has 2 N–H and O–H groups in total. The number of hydrogen-bond donors (Lipinski definition) is 2. The Morgan fingerprint density at radius 3 is 2.79 bits per heavy atom. The van der Waals surface area contributed by atoms with Gasteiger partial charge in [0, 0.05) is 33.1 Å². The van der Waals surface area contributed by atoms with Crippen LogP contribution in [0, 0.1) is 0 Å². The SMILES string of the molecule is CC(=O)NCC(O)CN1CCOCC1. The predicted molar refractivity (Wildman–Crippen MR) is 51.9 cm³/mol. The Morgan fingerprint density at radius 2 is 2.21 bits per heavy atom. The number of amides is 1. The first-order chi connectivity index (χ1) is 6.68. The molecule has 1 fully saturated rings. The van der Waals surface area contributed by atoms with Crippen molar-refractivity contribution in [3.63, 3.8) is 0 Å². The van der Waals surface area contributed by atoms with Crippen LogP contribution < -0.4 is 5.32 Å². The number of β-amino-alcohol motifs (C(OH)–C–C–N with tert-alkyl or cyclic N) is 1. The van der Waals surface area contributed by atoms with Crippen LogP contribution in [0.4, 0.5) is 0 Å². The van der Waals surface area contributed by atoms with Crippen LogP contribution in [0.15, 0.2) is 0 Å². The number of morpholine rings is 1. The van der Waals surface area contributed by atoms with Crippen LogP contribution in [0.25, 0.3) is 0 Å². The van der Waals surface area contributed by atoms with Crippen LogP contribution in [0.3, 0.4) is 0 Å². The van der Waals surface area contributed by atoms with Crippen molar-refractivity contribution in [2.75, 3.05) is 39.4 Å². The molecule has 1 aliphatic rings. The van der Waals surface area contributed by atoms with Gasteiger partial charge in [-0.2, -0.15) is 0 Å². The Bertz CT molecular complexity index is 181. The molecule has 1 atom stereocenters. The highest BCUT2D eigenvalue weighted by Gasteiger charge is 2.14. The minimum Gasteiger partial charge on any atom is -0.390 e. The van der Waals surface area contributed by atoms with E-state index in [0.717, 1.165) is 26.3 Å². The van der Waals surface area contributed by atoms with Crippen molar-refractivity contribution in [3.05, 3.63) is 0 Å². The van der Waals surface area contributed by atoms with Gasteiger partial charge in [0.1, 0.15) is 0 Å². The first-order valence-electron chi connectivity index (χ1n) is 4.91. The summed E-state index contributed by atoms with van der Waals surface area (Å²) in [4.78, 5) is 12.7. The van der Waals surface area contributed by atoms with Crippen molar-refractivity contribution in [3.8, 4) is 0 Å². The number of nitrogens with one attached hydrogen (secondary N) is 1. The van der Waals surface area contributed by atoms with Gasteiger partial charge < -0.3 is 15.2 Å². The summed E-state index contributed by atoms with van der Waals surface area (Å²) < 4.78 is 5.19. The maximum Gasteiger partial charge on any atom is 0.216 e. The zero-order chi connectivity index (χ0) is 10.4. The van der Waals surface area contributed by atoms with E-state index in [2.05, 4.69) is 10.2 Å². The molecule has 5 heteroatoms. The van der Waals surface area contributed by atoms with Gasteiger partial charge >= 0.3 is 0 Å². The number of aliphatic hydroxyl groups excluding tert-OH is 1. The van der Waals surface area contributed by atoms with Gasteiger partial charge in [-0.05, 0) is 0 Å². The maximum absolute atomic E-state index is 10.6. The Balaban J connectivity index is 2.11. The number of carbonyl (C=O) groups excluding carboxylic acids is 1. The number of carbonyl (C=O) groups is 1. The fourth-order valence-corrected chi connectivity index (χ4v) is 1.41. The average molecular weight is 202 g/mol. The Morgan fingerprint density at radius 1 is 1.57 bits per heavy atom. The monoisotopic (exact) mass is 202 g/mol. The molecule has 0 aromatic carbocycles. The summed E-state index contributed by atoms with van der Waals surface area (Å²) in [5, 5.41) is 12.1. The molecule has 14 heavy (non-hydrogen) atoms. The molecular weight excluding hydrogens is 184 g/mol. The lowest BCUT2D eigenvalue weighted by molar-refractivity contribution is -0.119. The molecule has 0 aromatic rings. The van der Waals surface area contributed by atoms with Crippen LogP contribution in [-0.4, -0.2) is 61.4 Å². The molecule has 0 spiro atoms. The molecule has 1 aliphatic heterocycles. The summed E-state index contributed by atoms with van der Waals surface area (Å²) in [7, 11) is 0. The minimum absolute atomic E-state index is 0.106. The van der Waals surface area contributed by atoms with Crippen molar-refractivity contribution >= 4 is 5.91 Å². The van der Waals surface area contributed by atoms with Crippen LogP contribution >= 0.6 is 0 Å². The highest BCUT2D eigenvalue weighted by molar-refractivity contribution is 5.72. The van der Waals surface area contributed by atoms with Crippen LogP contribution in [-0.2, 0) is 9.53 Å². The standard InChI is InChI=1S/C9H18N2O3/c1-8(12)10-6-9(13)7-11-2-4-14-5-3-11/h9,13H,2-7H2,1H3,(H,10,12). The predicted octanol–water partition coefficient (Wildman–Crippen LogP) is -1.18. The van der Waals surface area contributed by atoms with Gasteiger partial charge in [0.2, 0.25) is 5.91 Å². The molecule has 82 valence electrons. The number of ether oxygens (including phenoxy) is 1. The Kier molecular flexibility index (Phi) is 4.86. The molecule has 0 aliphatic carbocycles. The number of nitrogens with zero attached hydrogens (tertiary/aromatic N) is 1. The third kappa shape index (κ3) is 4.55. The van der Waals surface area contributed by atoms with E-state index in [0.29, 0.717) is 13.1 Å². The first kappa shape index (κ1) is 11.4. The molecule has 1 heterocycles. The number of aliphatic hydroxyl groups is 1. The van der Waals surface area contributed by atoms with E-state index in [4.69, 9.17) is 4.74 Å². The molecule has 1 rings (SSSR count). The second kappa shape index (κ2) is 5.95. The van der Waals surface area contributed by atoms with Gasteiger partial charge in [-0.15, -0.1) is 0 Å². The second-order valence-corrected chi connectivity index (χ2v) is 3.50. The highest BCUT2D eigenvalue weighted by atomic mass is 16.5. The van der Waals surface area contributed by atoms with Crippen LogP contribution in [0.5, 0.6) is 0 Å². The van der Waals surface area contributed by atoms with E-state index in [1.54, 1.807) is 0 Å². The highest BCUT2D eigenvalue weighted by Crippen LogP contribution is 1.97. The molecule has 1 amide bonds. The summed E-state index contributed by atoms with van der Waals surface area (Å²) in [6.07, 6.45) is -0.489. The third-order valence-corrected chi connectivity index (χ3v) is 2.16. The first-order valence-corrected chi connectivity index (χ1v) is 4.91. The summed E-state index contributed by atoms with van der Waals surface area (Å²) in [5.41, 5.74) is 0. The Hall–Kier alpha value is -0.650. The largest absolute Gasteiger partial charge is 0.390 e. The number of rotatable bonds is 4. The van der Waals surface area contributed by atoms with E-state index in [1.807, 2.05) is 0 Å². The van der Waals surface area contributed by atoms with Crippen molar-refractivity contribution in [1.29, 1.82) is 0 Å². The zero-order valence-electron chi connectivity index (χ0n) is 8.53. The van der Waals surface area contributed by atoms with Gasteiger partial charge in [0.25, 0.3) is 0 Å². The van der Waals surface area contributed by atoms with Crippen LogP contribution in [0.2, 0.25) is 0 Å². The van der Waals surface area contributed by atoms with Crippen molar-refractivity contribution < 1.29 is 14.6 Å². The number of hydrogen-bond acceptors (Lipinski definition) is 4. The molecular formula is C9H18N2O3. The van der Waals surface area contributed by atoms with Gasteiger partial charge in [0.15, 0.2) is 0 Å². The second-order valence-electron chi connectivity index (χ2n) is 3.50. The molecule has 0 saturated carbocycles. The maximum atomic E-state index is 10.6. The van der Waals surface area contributed by atoms with E-state index in [1.165, 1.54) is 6.92 Å². The third-order valence-electron chi connectivity index (χ3n) is 2.16. The molecule has 0 bridgehead atoms. The van der Waals surface area contributed by atoms with E-state index < -0.39 is 6.10 Å². The van der Waals surface area contributed by atoms with Crippen molar-refractivity contribution in [2.45, 2.75) is 13.0 Å². The van der Waals surface area contributed by atoms with Gasteiger partial charge in [0.05, 0.1) is 19.3 Å². The summed E-state index contributed by atoms with van der Waals surface area (Å²) in [6, 6.07) is 0. The van der Waals surface area contributed by atoms with Gasteiger partial charge in [-0.3, -0.25) is 9.69 Å². The fourth-order valence-electron chi connectivity index (χ4n) is 1.41. The lowest BCUT2D eigenvalue weighted by atomic mass is 10.3. The minimum atomic E-state index is -0.489. The lowest BCUT2D eigenvalue weighted by Crippen LogP contribution is -2.44. The topological polar surface area (TPSA) is 61.8 Å². The summed E-state index contributed by atoms with van der Waals surface area (Å²) >= 11 is 0. The summed E-state index contributed by atoms with van der Waals surface area (Å²) in [6.45, 7) is 5.55. The smallest absolute Gasteiger partial charge is 0.216 e. The van der Waals surface area contributed by atoms with Crippen LogP contribution in [0.1, 0.15) is 6.92 Å². The molecule has 0 aromatic heterocycles. The lowest BCUT2D eigenvalue weighted by Gasteiger charge is -2.28. The molecule has 1 saturated heterocycles. The average Bonchev–Trinajstić information content (AvgIpc) is 2.16. The van der Waals surface area contributed by atoms with E-state index >= 15 is 0 Å². The molecule has 0 radical (unpaired) electrons. The summed E-state index contributed by atoms with van der Waals surface area (Å²) in [5.74, 6) is -0.106. The fraction of sp³-hybridized carbons (Fsp3) is 0.889. The van der Waals surface area contributed by atoms with Gasteiger partial charge in [-0.1, -0.05) is 0 Å². The zero-order valence-corrected chi connectivity index (χ0v) is 8.53. The van der Waals surface area contributed by atoms with E-state index in [-0.39, 0.29) is 5.91 Å². The quantitative estimate of drug-likeness (QED) is 0.602. The van der Waals surface area contributed by atoms with Crippen molar-refractivity contribution in [2.24, 2.45) is 0 Å². The normalized spacial score (nSPS) is 20.4.